The number of para-hydroxylation sites is 1. The van der Waals surface area contributed by atoms with Crippen molar-refractivity contribution in [2.75, 3.05) is 6.54 Å². The van der Waals surface area contributed by atoms with Gasteiger partial charge in [-0.05, 0) is 31.4 Å². The Kier molecular flexibility index (Phi) is 2.44. The third-order valence-corrected chi connectivity index (χ3v) is 4.02. The molecular formula is C14H18N2O. The van der Waals surface area contributed by atoms with Gasteiger partial charge in [0.15, 0.2) is 5.58 Å². The maximum atomic E-state index is 5.99. The van der Waals surface area contributed by atoms with Crippen molar-refractivity contribution in [1.29, 1.82) is 0 Å². The van der Waals surface area contributed by atoms with Crippen LogP contribution in [0.3, 0.4) is 0 Å². The topological polar surface area (TPSA) is 52.0 Å². The van der Waals surface area contributed by atoms with Gasteiger partial charge in [-0.25, -0.2) is 4.98 Å². The summed E-state index contributed by atoms with van der Waals surface area (Å²) < 4.78 is 5.99. The molecule has 2 aromatic rings. The predicted octanol–water partition coefficient (Wildman–Crippen LogP) is 2.91. The number of nitrogens with two attached hydrogens (primary N) is 1. The van der Waals surface area contributed by atoms with Crippen molar-refractivity contribution in [3.63, 3.8) is 0 Å². The van der Waals surface area contributed by atoms with Crippen LogP contribution in [0.25, 0.3) is 11.1 Å². The molecule has 0 radical (unpaired) electrons. The largest absolute Gasteiger partial charge is 0.440 e. The van der Waals surface area contributed by atoms with E-state index in [0.717, 1.165) is 35.4 Å². The van der Waals surface area contributed by atoms with Crippen LogP contribution in [0.15, 0.2) is 22.6 Å². The number of nitrogens with zero attached hydrogens (tertiary/aromatic N) is 1. The van der Waals surface area contributed by atoms with E-state index in [-0.39, 0.29) is 5.41 Å². The molecule has 3 rings (SSSR count). The lowest BCUT2D eigenvalue weighted by molar-refractivity contribution is 0.343. The summed E-state index contributed by atoms with van der Waals surface area (Å²) in [6, 6.07) is 6.09. The average molecular weight is 230 g/mol. The molecule has 0 saturated heterocycles. The minimum atomic E-state index is -0.00847. The highest BCUT2D eigenvalue weighted by atomic mass is 16.3. The normalized spacial score (nSPS) is 18.9. The van der Waals surface area contributed by atoms with E-state index in [2.05, 4.69) is 18.0 Å². The zero-order chi connectivity index (χ0) is 11.9. The lowest BCUT2D eigenvalue weighted by Gasteiger charge is -2.22. The Morgan fingerprint density at radius 3 is 2.76 bits per heavy atom. The zero-order valence-corrected chi connectivity index (χ0v) is 10.2. The molecule has 1 aliphatic rings. The number of rotatable bonds is 2. The van der Waals surface area contributed by atoms with E-state index in [1.807, 2.05) is 12.1 Å². The van der Waals surface area contributed by atoms with Crippen LogP contribution in [0.1, 0.15) is 37.1 Å². The third-order valence-electron chi connectivity index (χ3n) is 4.02. The molecule has 0 amide bonds. The first-order chi connectivity index (χ1) is 8.25. The first-order valence-corrected chi connectivity index (χ1v) is 6.32. The fourth-order valence-corrected chi connectivity index (χ4v) is 2.87. The summed E-state index contributed by atoms with van der Waals surface area (Å²) in [5, 5.41) is 0. The number of hydrogen-bond donors (Lipinski definition) is 1. The van der Waals surface area contributed by atoms with Crippen molar-refractivity contribution in [2.24, 2.45) is 5.73 Å². The maximum Gasteiger partial charge on any atom is 0.202 e. The average Bonchev–Trinajstić information content (AvgIpc) is 2.96. The number of oxazole rings is 1. The molecule has 0 atom stereocenters. The number of fused-ring (bicyclic) bond motifs is 1. The molecule has 17 heavy (non-hydrogen) atoms. The number of aromatic nitrogens is 1. The Morgan fingerprint density at radius 1 is 1.35 bits per heavy atom. The number of benzene rings is 1. The van der Waals surface area contributed by atoms with Gasteiger partial charge in [0, 0.05) is 6.54 Å². The Balaban J connectivity index is 2.14. The Bertz CT molecular complexity index is 538. The van der Waals surface area contributed by atoms with E-state index >= 15 is 0 Å². The van der Waals surface area contributed by atoms with Gasteiger partial charge < -0.3 is 10.2 Å². The Hall–Kier alpha value is -1.35. The molecule has 1 aromatic carbocycles. The predicted molar refractivity (Wildman–Crippen MR) is 67.9 cm³/mol. The summed E-state index contributed by atoms with van der Waals surface area (Å²) >= 11 is 0. The van der Waals surface area contributed by atoms with E-state index < -0.39 is 0 Å². The number of hydrogen-bond acceptors (Lipinski definition) is 3. The Morgan fingerprint density at radius 2 is 2.12 bits per heavy atom. The number of aryl methyl sites for hydroxylation is 1. The van der Waals surface area contributed by atoms with Crippen LogP contribution in [-0.2, 0) is 5.41 Å². The molecule has 1 saturated carbocycles. The van der Waals surface area contributed by atoms with Gasteiger partial charge in [-0.2, -0.15) is 0 Å². The van der Waals surface area contributed by atoms with E-state index in [0.29, 0.717) is 6.54 Å². The van der Waals surface area contributed by atoms with Crippen molar-refractivity contribution < 1.29 is 4.42 Å². The fraction of sp³-hybridized carbons (Fsp3) is 0.500. The lowest BCUT2D eigenvalue weighted by atomic mass is 9.86. The molecule has 2 N–H and O–H groups in total. The van der Waals surface area contributed by atoms with Gasteiger partial charge in [-0.1, -0.05) is 25.0 Å². The second-order valence-electron chi connectivity index (χ2n) is 5.13. The molecule has 0 aliphatic heterocycles. The molecule has 1 aliphatic carbocycles. The summed E-state index contributed by atoms with van der Waals surface area (Å²) in [7, 11) is 0. The lowest BCUT2D eigenvalue weighted by Crippen LogP contribution is -2.32. The quantitative estimate of drug-likeness (QED) is 0.863. The van der Waals surface area contributed by atoms with Crippen LogP contribution < -0.4 is 5.73 Å². The van der Waals surface area contributed by atoms with E-state index in [9.17, 15) is 0 Å². The zero-order valence-electron chi connectivity index (χ0n) is 10.2. The highest BCUT2D eigenvalue weighted by Crippen LogP contribution is 2.41. The summed E-state index contributed by atoms with van der Waals surface area (Å²) in [6.45, 7) is 2.69. The second-order valence-corrected chi connectivity index (χ2v) is 5.13. The van der Waals surface area contributed by atoms with Crippen molar-refractivity contribution in [3.05, 3.63) is 29.7 Å². The minimum Gasteiger partial charge on any atom is -0.440 e. The molecule has 1 aromatic heterocycles. The second kappa shape index (κ2) is 3.84. The van der Waals surface area contributed by atoms with Gasteiger partial charge in [0.25, 0.3) is 0 Å². The van der Waals surface area contributed by atoms with Crippen LogP contribution >= 0.6 is 0 Å². The van der Waals surface area contributed by atoms with Gasteiger partial charge in [-0.3, -0.25) is 0 Å². The van der Waals surface area contributed by atoms with Crippen molar-refractivity contribution in [3.8, 4) is 0 Å². The molecule has 0 unspecified atom stereocenters. The van der Waals surface area contributed by atoms with E-state index in [4.69, 9.17) is 10.2 Å². The van der Waals surface area contributed by atoms with Crippen molar-refractivity contribution in [1.82, 2.24) is 4.98 Å². The van der Waals surface area contributed by atoms with Crippen molar-refractivity contribution >= 4 is 11.1 Å². The molecule has 0 spiro atoms. The van der Waals surface area contributed by atoms with E-state index in [1.54, 1.807) is 0 Å². The molecule has 1 fully saturated rings. The summed E-state index contributed by atoms with van der Waals surface area (Å²) in [5.41, 5.74) is 8.97. The maximum absolute atomic E-state index is 5.99. The van der Waals surface area contributed by atoms with Crippen LogP contribution in [-0.4, -0.2) is 11.5 Å². The molecule has 90 valence electrons. The molecule has 0 bridgehead atoms. The van der Waals surface area contributed by atoms with Crippen LogP contribution in [0, 0.1) is 6.92 Å². The fourth-order valence-electron chi connectivity index (χ4n) is 2.87. The van der Waals surface area contributed by atoms with Crippen molar-refractivity contribution in [2.45, 2.75) is 38.0 Å². The summed E-state index contributed by atoms with van der Waals surface area (Å²) in [4.78, 5) is 4.65. The first kappa shape index (κ1) is 10.8. The van der Waals surface area contributed by atoms with Crippen LogP contribution in [0.5, 0.6) is 0 Å². The van der Waals surface area contributed by atoms with Gasteiger partial charge in [-0.15, -0.1) is 0 Å². The molecular weight excluding hydrogens is 212 g/mol. The monoisotopic (exact) mass is 230 g/mol. The Labute approximate surface area is 101 Å². The van der Waals surface area contributed by atoms with Crippen LogP contribution in [0.4, 0.5) is 0 Å². The van der Waals surface area contributed by atoms with E-state index in [1.165, 1.54) is 12.8 Å². The first-order valence-electron chi connectivity index (χ1n) is 6.32. The van der Waals surface area contributed by atoms with Gasteiger partial charge in [0.1, 0.15) is 5.52 Å². The van der Waals surface area contributed by atoms with Gasteiger partial charge in [0.2, 0.25) is 5.89 Å². The summed E-state index contributed by atoms with van der Waals surface area (Å²) in [6.07, 6.45) is 4.68. The highest BCUT2D eigenvalue weighted by molar-refractivity contribution is 5.76. The van der Waals surface area contributed by atoms with Crippen LogP contribution in [0.2, 0.25) is 0 Å². The molecule has 3 heteroatoms. The highest BCUT2D eigenvalue weighted by Gasteiger charge is 2.39. The standard InChI is InChI=1S/C14H18N2O/c1-10-5-4-6-11-12(10)17-13(16-11)14(9-15)7-2-3-8-14/h4-6H,2-3,7-9,15H2,1H3. The SMILES string of the molecule is Cc1cccc2nc(C3(CN)CCCC3)oc12. The summed E-state index contributed by atoms with van der Waals surface area (Å²) in [5.74, 6) is 0.849. The minimum absolute atomic E-state index is 0.00847. The smallest absolute Gasteiger partial charge is 0.202 e. The molecule has 3 nitrogen and oxygen atoms in total. The molecule has 1 heterocycles. The van der Waals surface area contributed by atoms with Gasteiger partial charge >= 0.3 is 0 Å². The third kappa shape index (κ3) is 1.57. The van der Waals surface area contributed by atoms with Gasteiger partial charge in [0.05, 0.1) is 5.41 Å².